The number of thioether (sulfide) groups is 1. The fourth-order valence-electron chi connectivity index (χ4n) is 5.11. The number of esters is 1. The summed E-state index contributed by atoms with van der Waals surface area (Å²) in [6, 6.07) is 17.8. The second kappa shape index (κ2) is 9.43. The van der Waals surface area contributed by atoms with Crippen molar-refractivity contribution in [3.05, 3.63) is 71.8 Å². The van der Waals surface area contributed by atoms with E-state index in [1.165, 1.54) is 0 Å². The van der Waals surface area contributed by atoms with E-state index in [1.807, 2.05) is 60.7 Å². The van der Waals surface area contributed by atoms with Gasteiger partial charge in [-0.1, -0.05) is 60.7 Å². The fourth-order valence-corrected chi connectivity index (χ4v) is 7.00. The zero-order valence-corrected chi connectivity index (χ0v) is 20.0. The molecule has 0 radical (unpaired) electrons. The number of β-lactam (4-membered cyclic amide) rings is 1. The molecule has 0 bridgehead atoms. The van der Waals surface area contributed by atoms with Gasteiger partial charge in [0.25, 0.3) is 0 Å². The Morgan fingerprint density at radius 3 is 2.29 bits per heavy atom. The normalized spacial score (nSPS) is 25.5. The first-order chi connectivity index (χ1) is 16.5. The number of benzene rings is 2. The van der Waals surface area contributed by atoms with Crippen LogP contribution in [0.4, 0.5) is 0 Å². The van der Waals surface area contributed by atoms with Gasteiger partial charge in [-0.3, -0.25) is 9.59 Å². The number of rotatable bonds is 6. The largest absolute Gasteiger partial charge is 0.459 e. The molecule has 7 nitrogen and oxygen atoms in total. The first kappa shape index (κ1) is 22.9. The van der Waals surface area contributed by atoms with Crippen molar-refractivity contribution in [2.45, 2.75) is 48.1 Å². The fraction of sp³-hybridized carbons (Fsp3) is 0.423. The lowest BCUT2D eigenvalue weighted by molar-refractivity contribution is -0.166. The molecule has 0 saturated carbocycles. The number of hydrogen-bond acceptors (Lipinski definition) is 6. The zero-order valence-electron chi connectivity index (χ0n) is 19.2. The van der Waals surface area contributed by atoms with Crippen LogP contribution in [0.15, 0.2) is 60.7 Å². The van der Waals surface area contributed by atoms with Crippen molar-refractivity contribution in [2.75, 3.05) is 20.1 Å². The van der Waals surface area contributed by atoms with Crippen molar-refractivity contribution in [2.24, 2.45) is 0 Å². The molecule has 5 rings (SSSR count). The molecule has 2 aromatic rings. The Hall–Kier alpha value is -2.84. The van der Waals surface area contributed by atoms with Crippen LogP contribution in [0.3, 0.4) is 0 Å². The summed E-state index contributed by atoms with van der Waals surface area (Å²) in [5, 5.41) is 2.68. The molecule has 1 N–H and O–H groups in total. The highest BCUT2D eigenvalue weighted by atomic mass is 32.2. The topological polar surface area (TPSA) is 79.0 Å². The van der Waals surface area contributed by atoms with E-state index in [0.29, 0.717) is 0 Å². The Labute approximate surface area is 203 Å². The molecule has 3 aliphatic rings. The highest BCUT2D eigenvalue weighted by Gasteiger charge is 2.67. The Bertz CT molecular complexity index is 1060. The van der Waals surface area contributed by atoms with Crippen LogP contribution in [-0.2, 0) is 32.1 Å². The minimum atomic E-state index is -0.630. The summed E-state index contributed by atoms with van der Waals surface area (Å²) in [5.74, 6) is -0.737. The number of nitrogens with one attached hydrogen (secondary N) is 1. The van der Waals surface area contributed by atoms with Gasteiger partial charge in [-0.25, -0.2) is 4.79 Å². The first-order valence-corrected chi connectivity index (χ1v) is 12.6. The van der Waals surface area contributed by atoms with Gasteiger partial charge in [-0.2, -0.15) is 0 Å². The van der Waals surface area contributed by atoms with Gasteiger partial charge in [0.2, 0.25) is 11.8 Å². The molecule has 0 aliphatic carbocycles. The van der Waals surface area contributed by atoms with E-state index in [0.717, 1.165) is 37.1 Å². The van der Waals surface area contributed by atoms with Gasteiger partial charge >= 0.3 is 5.97 Å². The molecule has 1 spiro atoms. The van der Waals surface area contributed by atoms with Crippen LogP contribution in [0.25, 0.3) is 0 Å². The van der Waals surface area contributed by atoms with E-state index in [1.54, 1.807) is 16.7 Å². The number of nitrogens with zero attached hydrogens (tertiary/aromatic N) is 2. The van der Waals surface area contributed by atoms with Crippen LogP contribution in [0.1, 0.15) is 24.0 Å². The summed E-state index contributed by atoms with van der Waals surface area (Å²) in [6.07, 6.45) is 1.81. The molecule has 8 heteroatoms. The van der Waals surface area contributed by atoms with Crippen LogP contribution >= 0.6 is 11.8 Å². The van der Waals surface area contributed by atoms with Crippen molar-refractivity contribution in [1.29, 1.82) is 0 Å². The van der Waals surface area contributed by atoms with Gasteiger partial charge in [0.1, 0.15) is 24.1 Å². The van der Waals surface area contributed by atoms with Crippen LogP contribution in [0.2, 0.25) is 0 Å². The third-order valence-electron chi connectivity index (χ3n) is 7.02. The second-order valence-corrected chi connectivity index (χ2v) is 10.9. The van der Waals surface area contributed by atoms with Gasteiger partial charge in [0.05, 0.1) is 11.2 Å². The molecule has 2 aromatic carbocycles. The van der Waals surface area contributed by atoms with Gasteiger partial charge < -0.3 is 19.9 Å². The van der Waals surface area contributed by atoms with Crippen molar-refractivity contribution in [1.82, 2.24) is 15.1 Å². The summed E-state index contributed by atoms with van der Waals surface area (Å²) in [4.78, 5) is 43.1. The highest BCUT2D eigenvalue weighted by Crippen LogP contribution is 2.55. The minimum absolute atomic E-state index is 0.181. The van der Waals surface area contributed by atoms with Crippen molar-refractivity contribution < 1.29 is 19.1 Å². The zero-order chi connectivity index (χ0) is 23.7. The first-order valence-electron chi connectivity index (χ1n) is 11.7. The third kappa shape index (κ3) is 4.32. The maximum atomic E-state index is 13.3. The number of hydrogen-bond donors (Lipinski definition) is 1. The van der Waals surface area contributed by atoms with Crippen LogP contribution in [0, 0.1) is 0 Å². The van der Waals surface area contributed by atoms with Gasteiger partial charge in [0, 0.05) is 0 Å². The summed E-state index contributed by atoms with van der Waals surface area (Å²) in [7, 11) is 2.07. The van der Waals surface area contributed by atoms with Crippen LogP contribution < -0.4 is 5.32 Å². The van der Waals surface area contributed by atoms with E-state index < -0.39 is 12.1 Å². The lowest BCUT2D eigenvalue weighted by atomic mass is 9.85. The maximum Gasteiger partial charge on any atom is 0.330 e. The average molecular weight is 480 g/mol. The lowest BCUT2D eigenvalue weighted by Crippen LogP contribution is -2.71. The molecule has 3 fully saturated rings. The van der Waals surface area contributed by atoms with Crippen molar-refractivity contribution in [3.63, 3.8) is 0 Å². The van der Waals surface area contributed by atoms with E-state index in [9.17, 15) is 14.4 Å². The predicted molar refractivity (Wildman–Crippen MR) is 130 cm³/mol. The van der Waals surface area contributed by atoms with E-state index in [2.05, 4.69) is 17.3 Å². The molecular formula is C26H29N3O4S. The molecule has 2 unspecified atom stereocenters. The Balaban J connectivity index is 1.30. The minimum Gasteiger partial charge on any atom is -0.459 e. The molecule has 34 heavy (non-hydrogen) atoms. The molecule has 178 valence electrons. The number of ether oxygens (including phenoxy) is 1. The third-order valence-corrected chi connectivity index (χ3v) is 8.86. The maximum absolute atomic E-state index is 13.3. The second-order valence-electron chi connectivity index (χ2n) is 9.33. The summed E-state index contributed by atoms with van der Waals surface area (Å²) < 4.78 is 5.33. The van der Waals surface area contributed by atoms with E-state index in [-0.39, 0.29) is 40.9 Å². The Morgan fingerprint density at radius 2 is 1.65 bits per heavy atom. The predicted octanol–water partition coefficient (Wildman–Crippen LogP) is 2.21. The number of carbonyl (C=O) groups is 3. The summed E-state index contributed by atoms with van der Waals surface area (Å²) in [5.41, 5.74) is 1.81. The number of carbonyl (C=O) groups excluding carboxylic acids is 3. The van der Waals surface area contributed by atoms with Crippen LogP contribution in [-0.4, -0.2) is 69.9 Å². The van der Waals surface area contributed by atoms with Crippen molar-refractivity contribution >= 4 is 29.5 Å². The quantitative estimate of drug-likeness (QED) is 0.506. The van der Waals surface area contributed by atoms with Gasteiger partial charge in [-0.05, 0) is 44.1 Å². The van der Waals surface area contributed by atoms with Gasteiger partial charge in [-0.15, -0.1) is 11.8 Å². The highest BCUT2D eigenvalue weighted by molar-refractivity contribution is 8.01. The van der Waals surface area contributed by atoms with E-state index >= 15 is 0 Å². The molecule has 2 amide bonds. The molecule has 0 aromatic heterocycles. The number of fused-ring (bicyclic) bond motifs is 1. The molecule has 3 heterocycles. The molecule has 3 aliphatic heterocycles. The van der Waals surface area contributed by atoms with Gasteiger partial charge in [0.15, 0.2) is 0 Å². The van der Waals surface area contributed by atoms with E-state index in [4.69, 9.17) is 4.74 Å². The monoisotopic (exact) mass is 479 g/mol. The SMILES string of the molecule is CN1CCC2(CC1)S[C@H]1C(NC(=O)Cc3ccccc3)C(=O)N1C2C(=O)OCc1ccccc1. The smallest absolute Gasteiger partial charge is 0.330 e. The Kier molecular flexibility index (Phi) is 6.36. The number of amides is 2. The summed E-state index contributed by atoms with van der Waals surface area (Å²) in [6.45, 7) is 1.89. The molecule has 3 saturated heterocycles. The molecular weight excluding hydrogens is 450 g/mol. The van der Waals surface area contributed by atoms with Crippen molar-refractivity contribution in [3.8, 4) is 0 Å². The standard InChI is InChI=1S/C26H29N3O4S/c1-28-14-12-26(13-15-28)22(25(32)33-17-19-10-6-3-7-11-19)29-23(31)21(24(29)34-26)27-20(30)16-18-8-4-2-5-9-18/h2-11,21-22,24H,12-17H2,1H3,(H,27,30)/t21?,22?,24-/m0/s1. The molecule has 3 atom stereocenters. The number of piperidine rings is 1. The lowest BCUT2D eigenvalue weighted by Gasteiger charge is -2.44. The number of likely N-dealkylation sites (tertiary alicyclic amines) is 1. The average Bonchev–Trinajstić information content (AvgIpc) is 3.15. The Morgan fingerprint density at radius 1 is 1.03 bits per heavy atom. The van der Waals surface area contributed by atoms with Crippen LogP contribution in [0.5, 0.6) is 0 Å². The summed E-state index contributed by atoms with van der Waals surface area (Å²) >= 11 is 1.67.